The molecule has 2 amide bonds. The second kappa shape index (κ2) is 7.11. The van der Waals surface area contributed by atoms with Gasteiger partial charge in [0.05, 0.1) is 6.54 Å². The molecule has 1 atom stereocenters. The molecule has 8 heteroatoms. The van der Waals surface area contributed by atoms with Gasteiger partial charge in [-0.1, -0.05) is 6.07 Å². The predicted molar refractivity (Wildman–Crippen MR) is 99.7 cm³/mol. The number of fused-ring (bicyclic) bond motifs is 1. The number of hydrogen-bond donors (Lipinski definition) is 1. The molecule has 0 aromatic carbocycles. The van der Waals surface area contributed by atoms with Crippen LogP contribution in [0.1, 0.15) is 28.8 Å². The first-order chi connectivity index (χ1) is 13.0. The largest absolute Gasteiger partial charge is 0.336 e. The number of carbonyl (C=O) groups excluding carboxylic acids is 2. The summed E-state index contributed by atoms with van der Waals surface area (Å²) in [6, 6.07) is 3.65. The van der Waals surface area contributed by atoms with Crippen molar-refractivity contribution >= 4 is 17.5 Å². The minimum Gasteiger partial charge on any atom is -0.336 e. The number of hydrogen-bond acceptors (Lipinski definition) is 5. The topological polar surface area (TPSA) is 87.0 Å². The summed E-state index contributed by atoms with van der Waals surface area (Å²) in [5.41, 5.74) is 1.16. The summed E-state index contributed by atoms with van der Waals surface area (Å²) in [6.07, 6.45) is 4.76. The molecular weight excluding hydrogens is 346 g/mol. The SMILES string of the molecule is Cc1ccc2ncc(C(=O)N3CCCC(N4CCNCC4=O)C3)c(=O)n2c1. The van der Waals surface area contributed by atoms with E-state index in [1.54, 1.807) is 17.2 Å². The lowest BCUT2D eigenvalue weighted by atomic mass is 10.0. The Bertz CT molecular complexity index is 954. The number of piperidine rings is 1. The van der Waals surface area contributed by atoms with Gasteiger partial charge in [-0.05, 0) is 31.4 Å². The van der Waals surface area contributed by atoms with Gasteiger partial charge in [0.2, 0.25) is 5.91 Å². The minimum atomic E-state index is -0.353. The zero-order valence-electron chi connectivity index (χ0n) is 15.4. The van der Waals surface area contributed by atoms with Crippen LogP contribution < -0.4 is 10.9 Å². The summed E-state index contributed by atoms with van der Waals surface area (Å²) >= 11 is 0. The van der Waals surface area contributed by atoms with Gasteiger partial charge in [-0.2, -0.15) is 0 Å². The molecule has 2 aromatic heterocycles. The van der Waals surface area contributed by atoms with Crippen LogP contribution in [0, 0.1) is 6.92 Å². The standard InChI is InChI=1S/C19H23N5O3/c1-13-4-5-16-21-9-15(19(27)24(16)11-13)18(26)22-7-2-3-14(12-22)23-8-6-20-10-17(23)25/h4-5,9,11,14,20H,2-3,6-8,10,12H2,1H3. The number of pyridine rings is 1. The van der Waals surface area contributed by atoms with E-state index in [-0.39, 0.29) is 29.0 Å². The molecule has 2 saturated heterocycles. The van der Waals surface area contributed by atoms with E-state index >= 15 is 0 Å². The Hall–Kier alpha value is -2.74. The van der Waals surface area contributed by atoms with E-state index in [2.05, 4.69) is 10.3 Å². The summed E-state index contributed by atoms with van der Waals surface area (Å²) in [4.78, 5) is 45.8. The Balaban J connectivity index is 1.59. The summed E-state index contributed by atoms with van der Waals surface area (Å²) < 4.78 is 1.42. The van der Waals surface area contributed by atoms with Gasteiger partial charge >= 0.3 is 0 Å². The fourth-order valence-corrected chi connectivity index (χ4v) is 3.90. The van der Waals surface area contributed by atoms with Gasteiger partial charge in [0.25, 0.3) is 11.5 Å². The third-order valence-corrected chi connectivity index (χ3v) is 5.33. The molecule has 2 aliphatic rings. The summed E-state index contributed by atoms with van der Waals surface area (Å²) in [6.45, 7) is 4.71. The van der Waals surface area contributed by atoms with Crippen LogP contribution in [0.3, 0.4) is 0 Å². The van der Waals surface area contributed by atoms with E-state index in [0.29, 0.717) is 31.8 Å². The van der Waals surface area contributed by atoms with Crippen molar-refractivity contribution in [2.45, 2.75) is 25.8 Å². The van der Waals surface area contributed by atoms with Crippen molar-refractivity contribution in [3.05, 3.63) is 46.0 Å². The number of amides is 2. The molecule has 4 rings (SSSR count). The maximum Gasteiger partial charge on any atom is 0.270 e. The zero-order valence-corrected chi connectivity index (χ0v) is 15.4. The van der Waals surface area contributed by atoms with E-state index in [9.17, 15) is 14.4 Å². The van der Waals surface area contributed by atoms with Crippen molar-refractivity contribution in [3.8, 4) is 0 Å². The second-order valence-electron chi connectivity index (χ2n) is 7.22. The first-order valence-electron chi connectivity index (χ1n) is 9.32. The van der Waals surface area contributed by atoms with Crippen LogP contribution in [0.4, 0.5) is 0 Å². The Morgan fingerprint density at radius 2 is 2.11 bits per heavy atom. The molecule has 2 fully saturated rings. The average Bonchev–Trinajstić information content (AvgIpc) is 2.69. The number of piperazine rings is 1. The smallest absolute Gasteiger partial charge is 0.270 e. The molecule has 1 unspecified atom stereocenters. The molecule has 0 saturated carbocycles. The van der Waals surface area contributed by atoms with Crippen LogP contribution in [0.5, 0.6) is 0 Å². The molecule has 0 radical (unpaired) electrons. The highest BCUT2D eigenvalue weighted by atomic mass is 16.2. The quantitative estimate of drug-likeness (QED) is 0.808. The van der Waals surface area contributed by atoms with Crippen molar-refractivity contribution in [1.82, 2.24) is 24.5 Å². The summed E-state index contributed by atoms with van der Waals surface area (Å²) in [5, 5.41) is 3.07. The number of carbonyl (C=O) groups is 2. The Labute approximate surface area is 156 Å². The molecule has 0 spiro atoms. The molecule has 0 aliphatic carbocycles. The average molecular weight is 369 g/mol. The van der Waals surface area contributed by atoms with Gasteiger partial charge in [-0.15, -0.1) is 0 Å². The van der Waals surface area contributed by atoms with Crippen LogP contribution >= 0.6 is 0 Å². The van der Waals surface area contributed by atoms with Gasteiger partial charge in [0.15, 0.2) is 0 Å². The van der Waals surface area contributed by atoms with Gasteiger partial charge in [0.1, 0.15) is 11.2 Å². The van der Waals surface area contributed by atoms with Crippen molar-refractivity contribution in [2.24, 2.45) is 0 Å². The van der Waals surface area contributed by atoms with E-state index in [0.717, 1.165) is 24.9 Å². The van der Waals surface area contributed by atoms with E-state index in [1.807, 2.05) is 17.9 Å². The molecule has 142 valence electrons. The highest BCUT2D eigenvalue weighted by molar-refractivity contribution is 5.94. The number of aryl methyl sites for hydroxylation is 1. The summed E-state index contributed by atoms with van der Waals surface area (Å²) in [5.74, 6) is -0.237. The van der Waals surface area contributed by atoms with Gasteiger partial charge in [0, 0.05) is 44.6 Å². The lowest BCUT2D eigenvalue weighted by Gasteiger charge is -2.41. The van der Waals surface area contributed by atoms with Crippen LogP contribution in [-0.4, -0.2) is 69.8 Å². The van der Waals surface area contributed by atoms with Crippen molar-refractivity contribution in [2.75, 3.05) is 32.7 Å². The molecule has 2 aromatic rings. The highest BCUT2D eigenvalue weighted by Gasteiger charge is 2.32. The lowest BCUT2D eigenvalue weighted by molar-refractivity contribution is -0.135. The molecule has 27 heavy (non-hydrogen) atoms. The van der Waals surface area contributed by atoms with Gasteiger partial charge in [-0.3, -0.25) is 18.8 Å². The molecule has 4 heterocycles. The van der Waals surface area contributed by atoms with Crippen LogP contribution in [0.15, 0.2) is 29.3 Å². The minimum absolute atomic E-state index is 0.00992. The first kappa shape index (κ1) is 17.7. The number of aromatic nitrogens is 2. The van der Waals surface area contributed by atoms with Crippen LogP contribution in [-0.2, 0) is 4.79 Å². The van der Waals surface area contributed by atoms with Crippen molar-refractivity contribution in [3.63, 3.8) is 0 Å². The van der Waals surface area contributed by atoms with E-state index in [1.165, 1.54) is 10.6 Å². The Kier molecular flexibility index (Phi) is 4.65. The third-order valence-electron chi connectivity index (χ3n) is 5.33. The van der Waals surface area contributed by atoms with E-state index < -0.39 is 0 Å². The molecule has 2 aliphatic heterocycles. The number of likely N-dealkylation sites (tertiary alicyclic amines) is 1. The van der Waals surface area contributed by atoms with Gasteiger partial charge < -0.3 is 15.1 Å². The number of nitrogens with one attached hydrogen (secondary N) is 1. The van der Waals surface area contributed by atoms with E-state index in [4.69, 9.17) is 0 Å². The number of nitrogens with zero attached hydrogens (tertiary/aromatic N) is 4. The Morgan fingerprint density at radius 1 is 1.26 bits per heavy atom. The lowest BCUT2D eigenvalue weighted by Crippen LogP contribution is -2.57. The predicted octanol–water partition coefficient (Wildman–Crippen LogP) is 0.0393. The first-order valence-corrected chi connectivity index (χ1v) is 9.32. The maximum absolute atomic E-state index is 13.0. The van der Waals surface area contributed by atoms with Crippen molar-refractivity contribution in [1.29, 1.82) is 0 Å². The third kappa shape index (κ3) is 3.32. The molecule has 1 N–H and O–H groups in total. The van der Waals surface area contributed by atoms with Crippen LogP contribution in [0.2, 0.25) is 0 Å². The molecule has 8 nitrogen and oxygen atoms in total. The number of rotatable bonds is 2. The normalized spacial score (nSPS) is 20.9. The highest BCUT2D eigenvalue weighted by Crippen LogP contribution is 2.18. The zero-order chi connectivity index (χ0) is 19.0. The maximum atomic E-state index is 13.0. The van der Waals surface area contributed by atoms with Crippen LogP contribution in [0.25, 0.3) is 5.65 Å². The molecule has 0 bridgehead atoms. The van der Waals surface area contributed by atoms with Crippen molar-refractivity contribution < 1.29 is 9.59 Å². The van der Waals surface area contributed by atoms with Gasteiger partial charge in [-0.25, -0.2) is 4.98 Å². The fourth-order valence-electron chi connectivity index (χ4n) is 3.90. The second-order valence-corrected chi connectivity index (χ2v) is 7.22. The monoisotopic (exact) mass is 369 g/mol. The summed E-state index contributed by atoms with van der Waals surface area (Å²) in [7, 11) is 0. The Morgan fingerprint density at radius 3 is 2.93 bits per heavy atom. The molecular formula is C19H23N5O3. The fraction of sp³-hybridized carbons (Fsp3) is 0.474.